The van der Waals surface area contributed by atoms with Crippen LogP contribution in [0.2, 0.25) is 0 Å². The zero-order chi connectivity index (χ0) is 39.4. The Hall–Kier alpha value is -5.66. The van der Waals surface area contributed by atoms with Gasteiger partial charge in [-0.1, -0.05) is 193 Å². The number of para-hydroxylation sites is 1. The normalized spacial score (nSPS) is 20.7. The van der Waals surface area contributed by atoms with Gasteiger partial charge in [-0.3, -0.25) is 0 Å². The van der Waals surface area contributed by atoms with Crippen LogP contribution in [-0.2, 0) is 10.8 Å². The molecule has 0 heterocycles. The molecular weight excluding hydrogens is 699 g/mol. The fraction of sp³-hybridized carbons (Fsp3) is 0.263. The van der Waals surface area contributed by atoms with E-state index in [9.17, 15) is 0 Å². The number of anilines is 2. The average molecular weight is 754 g/mol. The Kier molecular flexibility index (Phi) is 9.24. The zero-order valence-electron chi connectivity index (χ0n) is 34.6. The Morgan fingerprint density at radius 2 is 1.22 bits per heavy atom. The van der Waals surface area contributed by atoms with Crippen molar-refractivity contribution in [2.75, 3.05) is 4.90 Å². The minimum atomic E-state index is -0.109. The van der Waals surface area contributed by atoms with Gasteiger partial charge in [0, 0.05) is 33.9 Å². The molecule has 4 aliphatic rings. The molecule has 0 bridgehead atoms. The number of rotatable bonds is 7. The molecule has 0 spiro atoms. The van der Waals surface area contributed by atoms with Crippen LogP contribution in [0.4, 0.5) is 11.4 Å². The van der Waals surface area contributed by atoms with E-state index >= 15 is 0 Å². The molecule has 1 nitrogen and oxygen atoms in total. The van der Waals surface area contributed by atoms with Crippen molar-refractivity contribution in [2.24, 2.45) is 11.8 Å². The lowest BCUT2D eigenvalue weighted by Gasteiger charge is -2.44. The lowest BCUT2D eigenvalue weighted by Crippen LogP contribution is -2.35. The highest BCUT2D eigenvalue weighted by atomic mass is 15.2. The van der Waals surface area contributed by atoms with Gasteiger partial charge in [-0.25, -0.2) is 0 Å². The molecule has 4 aliphatic carbocycles. The van der Waals surface area contributed by atoms with Gasteiger partial charge in [-0.2, -0.15) is 0 Å². The second kappa shape index (κ2) is 14.6. The number of nitrogens with zero attached hydrogens (tertiary/aromatic N) is 1. The SMILES string of the molecule is CC1CC=CC(c2ccc(-c3ccccc3)cc2)=C1N(c1ccc2c(c1)C(C)(C)c1ccccc1-2)c1ccccc1-c1cccc2c1C(C)(C1CCCCC1)CC=C2. The lowest BCUT2D eigenvalue weighted by molar-refractivity contribution is 0.219. The van der Waals surface area contributed by atoms with E-state index in [1.807, 2.05) is 0 Å². The first-order valence-corrected chi connectivity index (χ1v) is 21.8. The molecule has 1 fully saturated rings. The van der Waals surface area contributed by atoms with E-state index in [0.29, 0.717) is 11.8 Å². The topological polar surface area (TPSA) is 3.24 Å². The number of benzene rings is 6. The average Bonchev–Trinajstić information content (AvgIpc) is 3.50. The van der Waals surface area contributed by atoms with Crippen LogP contribution in [0.25, 0.3) is 45.0 Å². The van der Waals surface area contributed by atoms with Crippen LogP contribution in [0.5, 0.6) is 0 Å². The minimum absolute atomic E-state index is 0.0915. The Bertz CT molecular complexity index is 2590. The van der Waals surface area contributed by atoms with Crippen molar-refractivity contribution in [1.82, 2.24) is 0 Å². The van der Waals surface area contributed by atoms with Crippen LogP contribution < -0.4 is 4.90 Å². The van der Waals surface area contributed by atoms with Crippen molar-refractivity contribution in [3.8, 4) is 33.4 Å². The van der Waals surface area contributed by atoms with Crippen molar-refractivity contribution >= 4 is 23.0 Å². The van der Waals surface area contributed by atoms with E-state index in [2.05, 4.69) is 196 Å². The number of allylic oxidation sites excluding steroid dienone is 5. The Labute approximate surface area is 346 Å². The van der Waals surface area contributed by atoms with E-state index in [0.717, 1.165) is 12.8 Å². The predicted octanol–water partition coefficient (Wildman–Crippen LogP) is 15.7. The maximum Gasteiger partial charge on any atom is 0.0537 e. The van der Waals surface area contributed by atoms with Crippen molar-refractivity contribution in [2.45, 2.75) is 83.5 Å². The maximum atomic E-state index is 2.67. The third kappa shape index (κ3) is 6.05. The second-order valence-electron chi connectivity index (χ2n) is 18.2. The molecule has 0 aliphatic heterocycles. The summed E-state index contributed by atoms with van der Waals surface area (Å²) in [7, 11) is 0. The molecule has 1 heteroatoms. The molecule has 288 valence electrons. The summed E-state index contributed by atoms with van der Waals surface area (Å²) < 4.78 is 0. The number of fused-ring (bicyclic) bond motifs is 4. The van der Waals surface area contributed by atoms with Gasteiger partial charge in [0.25, 0.3) is 0 Å². The zero-order valence-corrected chi connectivity index (χ0v) is 34.6. The van der Waals surface area contributed by atoms with Crippen molar-refractivity contribution in [1.29, 1.82) is 0 Å². The van der Waals surface area contributed by atoms with E-state index < -0.39 is 0 Å². The maximum absolute atomic E-state index is 2.67. The van der Waals surface area contributed by atoms with Crippen LogP contribution in [0.15, 0.2) is 163 Å². The first kappa shape index (κ1) is 36.7. The van der Waals surface area contributed by atoms with Crippen molar-refractivity contribution < 1.29 is 0 Å². The molecule has 10 rings (SSSR count). The lowest BCUT2D eigenvalue weighted by atomic mass is 9.60. The Morgan fingerprint density at radius 3 is 2.03 bits per heavy atom. The summed E-state index contributed by atoms with van der Waals surface area (Å²) in [5.41, 5.74) is 20.0. The van der Waals surface area contributed by atoms with Crippen LogP contribution in [-0.4, -0.2) is 0 Å². The number of hydrogen-bond donors (Lipinski definition) is 0. The first-order valence-electron chi connectivity index (χ1n) is 21.8. The quantitative estimate of drug-likeness (QED) is 0.157. The highest BCUT2D eigenvalue weighted by Gasteiger charge is 2.41. The fourth-order valence-electron chi connectivity index (χ4n) is 11.3. The predicted molar refractivity (Wildman–Crippen MR) is 247 cm³/mol. The monoisotopic (exact) mass is 753 g/mol. The summed E-state index contributed by atoms with van der Waals surface area (Å²) in [4.78, 5) is 2.67. The highest BCUT2D eigenvalue weighted by Crippen LogP contribution is 2.54. The second-order valence-corrected chi connectivity index (χ2v) is 18.2. The van der Waals surface area contributed by atoms with Crippen LogP contribution >= 0.6 is 0 Å². The summed E-state index contributed by atoms with van der Waals surface area (Å²) in [6.45, 7) is 9.82. The molecule has 2 unspecified atom stereocenters. The summed E-state index contributed by atoms with van der Waals surface area (Å²) >= 11 is 0. The first-order chi connectivity index (χ1) is 28.3. The molecule has 0 radical (unpaired) electrons. The van der Waals surface area contributed by atoms with E-state index in [-0.39, 0.29) is 10.8 Å². The van der Waals surface area contributed by atoms with Crippen LogP contribution in [0.1, 0.15) is 100 Å². The molecule has 1 saturated carbocycles. The largest absolute Gasteiger partial charge is 0.313 e. The van der Waals surface area contributed by atoms with Gasteiger partial charge in [-0.15, -0.1) is 0 Å². The summed E-state index contributed by atoms with van der Waals surface area (Å²) in [5, 5.41) is 0. The van der Waals surface area contributed by atoms with Gasteiger partial charge >= 0.3 is 0 Å². The molecule has 0 saturated heterocycles. The molecule has 6 aromatic rings. The smallest absolute Gasteiger partial charge is 0.0537 e. The molecule has 6 aromatic carbocycles. The molecule has 0 amide bonds. The van der Waals surface area contributed by atoms with Gasteiger partial charge in [0.2, 0.25) is 0 Å². The molecule has 2 atom stereocenters. The van der Waals surface area contributed by atoms with Crippen molar-refractivity contribution in [3.63, 3.8) is 0 Å². The molecule has 0 aromatic heterocycles. The minimum Gasteiger partial charge on any atom is -0.313 e. The molecule has 0 N–H and O–H groups in total. The van der Waals surface area contributed by atoms with Crippen LogP contribution in [0.3, 0.4) is 0 Å². The van der Waals surface area contributed by atoms with Gasteiger partial charge in [0.05, 0.1) is 5.69 Å². The molecular formula is C57H55N. The third-order valence-electron chi connectivity index (χ3n) is 14.3. The molecule has 58 heavy (non-hydrogen) atoms. The summed E-state index contributed by atoms with van der Waals surface area (Å²) in [5.74, 6) is 0.979. The fourth-order valence-corrected chi connectivity index (χ4v) is 11.3. The van der Waals surface area contributed by atoms with Gasteiger partial charge < -0.3 is 4.90 Å². The van der Waals surface area contributed by atoms with Gasteiger partial charge in [0.1, 0.15) is 0 Å². The van der Waals surface area contributed by atoms with E-state index in [4.69, 9.17) is 0 Å². The van der Waals surface area contributed by atoms with Crippen LogP contribution in [0, 0.1) is 11.8 Å². The van der Waals surface area contributed by atoms with Gasteiger partial charge in [-0.05, 0) is 111 Å². The van der Waals surface area contributed by atoms with Crippen molar-refractivity contribution in [3.05, 3.63) is 191 Å². The summed E-state index contributed by atoms with van der Waals surface area (Å²) in [6, 6.07) is 52.8. The standard InChI is InChI=1S/C57H55N/c1-39-18-15-27-46(42-33-31-41(32-34-42)40-19-7-5-8-20-40)55(39)58(45-35-36-48-47-25-11-13-29-51(47)56(2,3)52(48)38-45)53-30-14-12-26-49(53)50-28-16-21-43-22-17-37-57(4,54(43)50)44-23-9-6-10-24-44/h5,7-8,11-17,19-22,25-36,38-39,44H,6,9-10,18,23-24,37H2,1-4H3. The Balaban J connectivity index is 1.21. The Morgan fingerprint density at radius 1 is 0.552 bits per heavy atom. The van der Waals surface area contributed by atoms with E-state index in [1.165, 1.54) is 110 Å². The number of hydrogen-bond acceptors (Lipinski definition) is 1. The highest BCUT2D eigenvalue weighted by molar-refractivity contribution is 5.93. The van der Waals surface area contributed by atoms with E-state index in [1.54, 1.807) is 5.56 Å². The van der Waals surface area contributed by atoms with Gasteiger partial charge in [0.15, 0.2) is 0 Å². The third-order valence-corrected chi connectivity index (χ3v) is 14.3. The summed E-state index contributed by atoms with van der Waals surface area (Å²) in [6.07, 6.45) is 18.4.